The van der Waals surface area contributed by atoms with Crippen LogP contribution in [-0.4, -0.2) is 37.7 Å². The Labute approximate surface area is 135 Å². The summed E-state index contributed by atoms with van der Waals surface area (Å²) in [6, 6.07) is 8.39. The average Bonchev–Trinajstić information content (AvgIpc) is 3.26. The third kappa shape index (κ3) is 4.28. The lowest BCUT2D eigenvalue weighted by atomic mass is 10.1. The molecule has 21 heavy (non-hydrogen) atoms. The third-order valence-corrected chi connectivity index (χ3v) is 6.66. The lowest BCUT2D eigenvalue weighted by molar-refractivity contribution is 0.194. The van der Waals surface area contributed by atoms with Crippen molar-refractivity contribution in [2.24, 2.45) is 0 Å². The Bertz CT molecular complexity index is 584. The predicted molar refractivity (Wildman–Crippen MR) is 87.5 cm³/mol. The number of nitrogens with one attached hydrogen (secondary N) is 1. The number of nitrogens with zero attached hydrogens (tertiary/aromatic N) is 1. The second-order valence-corrected chi connectivity index (χ2v) is 8.97. The van der Waals surface area contributed by atoms with Gasteiger partial charge in [0, 0.05) is 23.6 Å². The van der Waals surface area contributed by atoms with Gasteiger partial charge in [-0.15, -0.1) is 0 Å². The summed E-state index contributed by atoms with van der Waals surface area (Å²) >= 11 is 3.44. The summed E-state index contributed by atoms with van der Waals surface area (Å²) in [5.41, 5.74) is 1.27. The van der Waals surface area contributed by atoms with Gasteiger partial charge in [0.2, 0.25) is 10.0 Å². The van der Waals surface area contributed by atoms with Crippen molar-refractivity contribution in [3.05, 3.63) is 34.3 Å². The van der Waals surface area contributed by atoms with Gasteiger partial charge in [-0.1, -0.05) is 28.1 Å². The van der Waals surface area contributed by atoms with E-state index >= 15 is 0 Å². The predicted octanol–water partition coefficient (Wildman–Crippen LogP) is 2.50. The van der Waals surface area contributed by atoms with Crippen LogP contribution in [0.25, 0.3) is 0 Å². The van der Waals surface area contributed by atoms with Crippen LogP contribution in [0.1, 0.15) is 31.2 Å². The molecule has 0 spiro atoms. The maximum atomic E-state index is 12.0. The molecular weight excluding hydrogens is 352 g/mol. The summed E-state index contributed by atoms with van der Waals surface area (Å²) in [5, 5.41) is -0.126. The number of sulfonamides is 1. The molecule has 2 fully saturated rings. The van der Waals surface area contributed by atoms with Gasteiger partial charge in [-0.2, -0.15) is 0 Å². The molecule has 1 unspecified atom stereocenters. The van der Waals surface area contributed by atoms with Gasteiger partial charge in [-0.3, -0.25) is 4.90 Å². The first kappa shape index (κ1) is 15.5. The molecule has 0 radical (unpaired) electrons. The van der Waals surface area contributed by atoms with Crippen molar-refractivity contribution in [1.82, 2.24) is 9.62 Å². The SMILES string of the molecule is O=S(=O)(NC1CCCN(Cc2ccc(Br)cc2)C1)C1CC1. The van der Waals surface area contributed by atoms with E-state index in [2.05, 4.69) is 37.7 Å². The van der Waals surface area contributed by atoms with Gasteiger partial charge in [0.05, 0.1) is 5.25 Å². The zero-order valence-electron chi connectivity index (χ0n) is 12.0. The standard InChI is InChI=1S/C15H21BrN2O2S/c16-13-5-3-12(4-6-13)10-18-9-1-2-14(11-18)17-21(19,20)15-7-8-15/h3-6,14-15,17H,1-2,7-11H2. The van der Waals surface area contributed by atoms with E-state index < -0.39 is 10.0 Å². The van der Waals surface area contributed by atoms with Crippen molar-refractivity contribution < 1.29 is 8.42 Å². The number of benzene rings is 1. The minimum absolute atomic E-state index is 0.0693. The van der Waals surface area contributed by atoms with E-state index in [0.29, 0.717) is 0 Å². The topological polar surface area (TPSA) is 49.4 Å². The zero-order chi connectivity index (χ0) is 14.9. The molecule has 1 aliphatic carbocycles. The first-order valence-corrected chi connectivity index (χ1v) is 9.85. The molecule has 1 heterocycles. The highest BCUT2D eigenvalue weighted by molar-refractivity contribution is 9.10. The largest absolute Gasteiger partial charge is 0.298 e. The lowest BCUT2D eigenvalue weighted by Gasteiger charge is -2.33. The van der Waals surface area contributed by atoms with Crippen LogP contribution in [0, 0.1) is 0 Å². The van der Waals surface area contributed by atoms with Crippen molar-refractivity contribution >= 4 is 26.0 Å². The van der Waals surface area contributed by atoms with Crippen molar-refractivity contribution in [3.63, 3.8) is 0 Å². The smallest absolute Gasteiger partial charge is 0.214 e. The summed E-state index contributed by atoms with van der Waals surface area (Å²) < 4.78 is 28.0. The van der Waals surface area contributed by atoms with Crippen LogP contribution in [0.15, 0.2) is 28.7 Å². The molecule has 0 bridgehead atoms. The maximum absolute atomic E-state index is 12.0. The fourth-order valence-electron chi connectivity index (χ4n) is 2.85. The van der Waals surface area contributed by atoms with Crippen LogP contribution in [-0.2, 0) is 16.6 Å². The van der Waals surface area contributed by atoms with Gasteiger partial charge in [-0.25, -0.2) is 13.1 Å². The number of likely N-dealkylation sites (tertiary alicyclic amines) is 1. The first-order valence-electron chi connectivity index (χ1n) is 7.51. The van der Waals surface area contributed by atoms with E-state index in [4.69, 9.17) is 0 Å². The van der Waals surface area contributed by atoms with Gasteiger partial charge < -0.3 is 0 Å². The Morgan fingerprint density at radius 2 is 1.90 bits per heavy atom. The number of hydrogen-bond acceptors (Lipinski definition) is 3. The van der Waals surface area contributed by atoms with Crippen LogP contribution in [0.3, 0.4) is 0 Å². The number of rotatable bonds is 5. The maximum Gasteiger partial charge on any atom is 0.214 e. The van der Waals surface area contributed by atoms with Gasteiger partial charge in [0.1, 0.15) is 0 Å². The van der Waals surface area contributed by atoms with E-state index in [1.807, 2.05) is 12.1 Å². The Hall–Kier alpha value is -0.430. The quantitative estimate of drug-likeness (QED) is 0.863. The highest BCUT2D eigenvalue weighted by Gasteiger charge is 2.37. The van der Waals surface area contributed by atoms with Crippen molar-refractivity contribution in [2.45, 2.75) is 43.5 Å². The fraction of sp³-hybridized carbons (Fsp3) is 0.600. The molecule has 6 heteroatoms. The highest BCUT2D eigenvalue weighted by Crippen LogP contribution is 2.28. The van der Waals surface area contributed by atoms with E-state index in [9.17, 15) is 8.42 Å². The summed E-state index contributed by atoms with van der Waals surface area (Å²) in [4.78, 5) is 2.34. The minimum Gasteiger partial charge on any atom is -0.298 e. The molecular formula is C15H21BrN2O2S. The summed E-state index contributed by atoms with van der Waals surface area (Å²) in [5.74, 6) is 0. The third-order valence-electron chi connectivity index (χ3n) is 4.12. The van der Waals surface area contributed by atoms with Crippen LogP contribution >= 0.6 is 15.9 Å². The molecule has 1 N–H and O–H groups in total. The molecule has 0 aromatic heterocycles. The van der Waals surface area contributed by atoms with Gasteiger partial charge in [-0.05, 0) is 49.9 Å². The molecule has 1 aromatic carbocycles. The van der Waals surface area contributed by atoms with E-state index in [0.717, 1.165) is 49.8 Å². The Balaban J connectivity index is 1.56. The van der Waals surface area contributed by atoms with E-state index in [-0.39, 0.29) is 11.3 Å². The molecule has 2 aliphatic rings. The molecule has 1 saturated heterocycles. The second-order valence-electron chi connectivity index (χ2n) is 6.06. The van der Waals surface area contributed by atoms with Crippen molar-refractivity contribution in [1.29, 1.82) is 0 Å². The van der Waals surface area contributed by atoms with Crippen molar-refractivity contribution in [3.8, 4) is 0 Å². The average molecular weight is 373 g/mol. The Morgan fingerprint density at radius 3 is 2.57 bits per heavy atom. The van der Waals surface area contributed by atoms with Crippen LogP contribution in [0.5, 0.6) is 0 Å². The molecule has 116 valence electrons. The summed E-state index contributed by atoms with van der Waals surface area (Å²) in [6.45, 7) is 2.73. The molecule has 1 atom stereocenters. The van der Waals surface area contributed by atoms with Crippen LogP contribution in [0.4, 0.5) is 0 Å². The zero-order valence-corrected chi connectivity index (χ0v) is 14.4. The van der Waals surface area contributed by atoms with Gasteiger partial charge in [0.25, 0.3) is 0 Å². The molecule has 1 saturated carbocycles. The highest BCUT2D eigenvalue weighted by atomic mass is 79.9. The minimum atomic E-state index is -3.07. The van der Waals surface area contributed by atoms with Crippen LogP contribution in [0.2, 0.25) is 0 Å². The second kappa shape index (κ2) is 6.36. The number of halogens is 1. The van der Waals surface area contributed by atoms with Gasteiger partial charge in [0.15, 0.2) is 0 Å². The van der Waals surface area contributed by atoms with Gasteiger partial charge >= 0.3 is 0 Å². The van der Waals surface area contributed by atoms with E-state index in [1.165, 1.54) is 5.56 Å². The summed E-state index contributed by atoms with van der Waals surface area (Å²) in [6.07, 6.45) is 3.65. The lowest BCUT2D eigenvalue weighted by Crippen LogP contribution is -2.48. The first-order chi connectivity index (χ1) is 10.0. The molecule has 1 aliphatic heterocycles. The molecule has 3 rings (SSSR count). The Morgan fingerprint density at radius 1 is 1.19 bits per heavy atom. The number of hydrogen-bond donors (Lipinski definition) is 1. The molecule has 1 aromatic rings. The van der Waals surface area contributed by atoms with Crippen molar-refractivity contribution in [2.75, 3.05) is 13.1 Å². The van der Waals surface area contributed by atoms with Crippen LogP contribution < -0.4 is 4.72 Å². The number of piperidine rings is 1. The summed E-state index contributed by atoms with van der Waals surface area (Å²) in [7, 11) is -3.07. The monoisotopic (exact) mass is 372 g/mol. The Kier molecular flexibility index (Phi) is 4.69. The normalized spacial score (nSPS) is 24.1. The van der Waals surface area contributed by atoms with E-state index in [1.54, 1.807) is 0 Å². The molecule has 0 amide bonds. The molecule has 4 nitrogen and oxygen atoms in total. The fourth-order valence-corrected chi connectivity index (χ4v) is 4.72.